The van der Waals surface area contributed by atoms with E-state index in [2.05, 4.69) is 57.9 Å². The third kappa shape index (κ3) is 4.82. The highest BCUT2D eigenvalue weighted by Gasteiger charge is 2.40. The molecule has 5 rings (SSSR count). The first-order chi connectivity index (χ1) is 17.8. The maximum Gasteiger partial charge on any atom is 0.291 e. The number of aromatic nitrogens is 6. The third-order valence-corrected chi connectivity index (χ3v) is 7.36. The molecule has 4 heterocycles. The minimum atomic E-state index is -0.612. The molecule has 0 atom stereocenters. The van der Waals surface area contributed by atoms with Gasteiger partial charge in [0.15, 0.2) is 5.65 Å². The van der Waals surface area contributed by atoms with E-state index in [0.717, 1.165) is 21.3 Å². The Kier molecular flexibility index (Phi) is 6.37. The Morgan fingerprint density at radius 1 is 1.05 bits per heavy atom. The molecule has 1 aliphatic heterocycles. The van der Waals surface area contributed by atoms with Gasteiger partial charge < -0.3 is 9.80 Å². The molecule has 0 saturated carbocycles. The van der Waals surface area contributed by atoms with Crippen molar-refractivity contribution in [2.45, 2.75) is 52.5 Å². The van der Waals surface area contributed by atoms with Crippen molar-refractivity contribution >= 4 is 33.4 Å². The average molecular weight is 580 g/mol. The average Bonchev–Trinajstić information content (AvgIpc) is 3.48. The number of aromatic amines is 1. The number of hydrogen-bond donors (Lipinski definition) is 1. The van der Waals surface area contributed by atoms with Crippen LogP contribution in [0.2, 0.25) is 0 Å². The molecule has 3 aromatic heterocycles. The highest BCUT2D eigenvalue weighted by atomic mass is 79.9. The van der Waals surface area contributed by atoms with Gasteiger partial charge in [-0.15, -0.1) is 0 Å². The zero-order valence-corrected chi connectivity index (χ0v) is 24.0. The van der Waals surface area contributed by atoms with E-state index in [1.54, 1.807) is 27.4 Å². The number of amides is 2. The van der Waals surface area contributed by atoms with Crippen LogP contribution in [0.1, 0.15) is 67.1 Å². The second kappa shape index (κ2) is 9.30. The second-order valence-electron chi connectivity index (χ2n) is 11.3. The fourth-order valence-corrected chi connectivity index (χ4v) is 5.09. The van der Waals surface area contributed by atoms with E-state index in [1.807, 2.05) is 38.1 Å². The Hall–Kier alpha value is -3.60. The van der Waals surface area contributed by atoms with Crippen LogP contribution in [0.4, 0.5) is 0 Å². The van der Waals surface area contributed by atoms with E-state index in [1.165, 1.54) is 0 Å². The Bertz CT molecular complexity index is 1530. The van der Waals surface area contributed by atoms with Crippen LogP contribution in [0.25, 0.3) is 16.9 Å². The predicted molar refractivity (Wildman–Crippen MR) is 147 cm³/mol. The van der Waals surface area contributed by atoms with Gasteiger partial charge in [-0.05, 0) is 44.4 Å². The summed E-state index contributed by atoms with van der Waals surface area (Å²) in [5.74, 6) is 0.312. The molecule has 11 heteroatoms. The van der Waals surface area contributed by atoms with Gasteiger partial charge >= 0.3 is 0 Å². The molecule has 1 N–H and O–H groups in total. The van der Waals surface area contributed by atoms with Crippen molar-refractivity contribution < 1.29 is 9.59 Å². The van der Waals surface area contributed by atoms with Gasteiger partial charge in [-0.1, -0.05) is 48.8 Å². The number of nitrogens with zero attached hydrogens (tertiary/aromatic N) is 7. The van der Waals surface area contributed by atoms with E-state index in [-0.39, 0.29) is 23.1 Å². The molecular weight excluding hydrogens is 548 g/mol. The summed E-state index contributed by atoms with van der Waals surface area (Å²) >= 11 is 3.49. The number of aryl methyl sites for hydroxylation is 1. The maximum atomic E-state index is 13.8. The van der Waals surface area contributed by atoms with Crippen LogP contribution in [-0.4, -0.2) is 76.6 Å². The summed E-state index contributed by atoms with van der Waals surface area (Å²) in [7, 11) is 0. The van der Waals surface area contributed by atoms with E-state index >= 15 is 0 Å². The fourth-order valence-electron chi connectivity index (χ4n) is 4.83. The topological polar surface area (TPSA) is 112 Å². The predicted octanol–water partition coefficient (Wildman–Crippen LogP) is 4.26. The van der Waals surface area contributed by atoms with Crippen molar-refractivity contribution in [3.63, 3.8) is 0 Å². The lowest BCUT2D eigenvalue weighted by Crippen LogP contribution is -2.62. The summed E-state index contributed by atoms with van der Waals surface area (Å²) in [6.07, 6.45) is 1.71. The summed E-state index contributed by atoms with van der Waals surface area (Å²) in [6.45, 7) is 13.1. The van der Waals surface area contributed by atoms with Crippen LogP contribution in [0.15, 0.2) is 41.0 Å². The molecule has 0 bridgehead atoms. The van der Waals surface area contributed by atoms with E-state index in [0.29, 0.717) is 36.8 Å². The molecule has 0 aliphatic carbocycles. The Morgan fingerprint density at radius 3 is 2.37 bits per heavy atom. The lowest BCUT2D eigenvalue weighted by molar-refractivity contribution is 0.0160. The van der Waals surface area contributed by atoms with Crippen molar-refractivity contribution in [1.29, 1.82) is 0 Å². The molecule has 1 saturated heterocycles. The maximum absolute atomic E-state index is 13.8. The van der Waals surface area contributed by atoms with E-state index in [4.69, 9.17) is 10.1 Å². The lowest BCUT2D eigenvalue weighted by atomic mass is 9.87. The molecule has 0 unspecified atom stereocenters. The first kappa shape index (κ1) is 26.0. The molecule has 1 aromatic carbocycles. The zero-order valence-electron chi connectivity index (χ0n) is 22.4. The molecule has 0 radical (unpaired) electrons. The van der Waals surface area contributed by atoms with Crippen LogP contribution < -0.4 is 0 Å². The van der Waals surface area contributed by atoms with Gasteiger partial charge in [0.2, 0.25) is 5.82 Å². The van der Waals surface area contributed by atoms with E-state index < -0.39 is 5.54 Å². The smallest absolute Gasteiger partial charge is 0.291 e. The van der Waals surface area contributed by atoms with Gasteiger partial charge in [0, 0.05) is 35.2 Å². The van der Waals surface area contributed by atoms with Gasteiger partial charge in [-0.2, -0.15) is 10.2 Å². The van der Waals surface area contributed by atoms with Crippen molar-refractivity contribution in [2.24, 2.45) is 0 Å². The number of fused-ring (bicyclic) bond motifs is 1. The summed E-state index contributed by atoms with van der Waals surface area (Å²) in [6, 6.07) is 10.0. The van der Waals surface area contributed by atoms with Crippen LogP contribution >= 0.6 is 15.9 Å². The molecule has 1 aliphatic rings. The molecule has 2 amide bonds. The minimum absolute atomic E-state index is 0.187. The summed E-state index contributed by atoms with van der Waals surface area (Å²) in [4.78, 5) is 39.1. The fraction of sp³-hybridized carbons (Fsp3) is 0.407. The number of carbonyl (C=O) groups is 2. The standard InChI is InChI=1S/C27H31BrN8O2/c1-16-29-22(32-31-16)25(38)34-11-12-35(27(5,6)15-34)24(37)21-14-36-23(30-21)19(26(2,3)4)13-20(33-36)17-7-9-18(28)10-8-17/h7-10,13-14H,11-12,15H2,1-6H3,(H,29,31,32). The third-order valence-electron chi connectivity index (χ3n) is 6.83. The van der Waals surface area contributed by atoms with E-state index in [9.17, 15) is 9.59 Å². The number of H-pyrrole nitrogens is 1. The number of benzene rings is 1. The van der Waals surface area contributed by atoms with Gasteiger partial charge in [-0.3, -0.25) is 14.7 Å². The number of nitrogens with one attached hydrogen (secondary N) is 1. The summed E-state index contributed by atoms with van der Waals surface area (Å²) in [5.41, 5.74) is 2.95. The first-order valence-electron chi connectivity index (χ1n) is 12.5. The van der Waals surface area contributed by atoms with Crippen LogP contribution in [0.3, 0.4) is 0 Å². The minimum Gasteiger partial charge on any atom is -0.332 e. The van der Waals surface area contributed by atoms with Gasteiger partial charge in [0.25, 0.3) is 11.8 Å². The zero-order chi connectivity index (χ0) is 27.4. The SMILES string of the molecule is Cc1n[nH]c(C(=O)N2CCN(C(=O)c3cn4nc(-c5ccc(Br)cc5)cc(C(C)(C)C)c4n3)C(C)(C)C2)n1. The molecule has 4 aromatic rings. The highest BCUT2D eigenvalue weighted by Crippen LogP contribution is 2.31. The van der Waals surface area contributed by atoms with Crippen molar-refractivity contribution in [2.75, 3.05) is 19.6 Å². The van der Waals surface area contributed by atoms with Crippen molar-refractivity contribution in [3.05, 3.63) is 63.9 Å². The largest absolute Gasteiger partial charge is 0.332 e. The molecule has 1 fully saturated rings. The number of carbonyl (C=O) groups excluding carboxylic acids is 2. The van der Waals surface area contributed by atoms with Gasteiger partial charge in [0.05, 0.1) is 17.4 Å². The quantitative estimate of drug-likeness (QED) is 0.388. The Labute approximate surface area is 229 Å². The molecule has 198 valence electrons. The van der Waals surface area contributed by atoms with Crippen LogP contribution in [-0.2, 0) is 5.41 Å². The first-order valence-corrected chi connectivity index (χ1v) is 13.3. The Morgan fingerprint density at radius 2 is 1.76 bits per heavy atom. The number of halogens is 1. The number of hydrogen-bond acceptors (Lipinski definition) is 6. The second-order valence-corrected chi connectivity index (χ2v) is 12.2. The van der Waals surface area contributed by atoms with Crippen LogP contribution in [0.5, 0.6) is 0 Å². The lowest BCUT2D eigenvalue weighted by Gasteiger charge is -2.46. The van der Waals surface area contributed by atoms with Gasteiger partial charge in [0.1, 0.15) is 11.5 Å². The molecular formula is C27H31BrN8O2. The molecule has 0 spiro atoms. The number of imidazole rings is 1. The Balaban J connectivity index is 1.46. The summed E-state index contributed by atoms with van der Waals surface area (Å²) in [5, 5.41) is 11.4. The number of rotatable bonds is 3. The molecule has 38 heavy (non-hydrogen) atoms. The number of piperazine rings is 1. The van der Waals surface area contributed by atoms with Crippen LogP contribution in [0, 0.1) is 6.92 Å². The highest BCUT2D eigenvalue weighted by molar-refractivity contribution is 9.10. The molecule has 10 nitrogen and oxygen atoms in total. The summed E-state index contributed by atoms with van der Waals surface area (Å²) < 4.78 is 2.71. The normalized spacial score (nSPS) is 15.8. The monoisotopic (exact) mass is 578 g/mol. The van der Waals surface area contributed by atoms with Crippen molar-refractivity contribution in [3.8, 4) is 11.3 Å². The van der Waals surface area contributed by atoms with Gasteiger partial charge in [-0.25, -0.2) is 14.5 Å². The van der Waals surface area contributed by atoms with Crippen molar-refractivity contribution in [1.82, 2.24) is 39.6 Å².